The first kappa shape index (κ1) is 35.3. The lowest BCUT2D eigenvalue weighted by atomic mass is 9.91. The fraction of sp³-hybridized carbons (Fsp3) is 0.385. The highest BCUT2D eigenvalue weighted by Crippen LogP contribution is 2.32. The molecule has 13 heteroatoms. The number of carbonyl (C=O) groups is 2. The maximum Gasteiger partial charge on any atom is 0.255 e. The molecule has 2 amide bonds. The lowest BCUT2D eigenvalue weighted by Crippen LogP contribution is -2.47. The first-order valence-corrected chi connectivity index (χ1v) is 17.9. The molecule has 11 nitrogen and oxygen atoms in total. The van der Waals surface area contributed by atoms with Gasteiger partial charge in [-0.05, 0) is 84.9 Å². The van der Waals surface area contributed by atoms with Crippen molar-refractivity contribution in [2.45, 2.75) is 57.3 Å². The fourth-order valence-corrected chi connectivity index (χ4v) is 7.41. The van der Waals surface area contributed by atoms with Gasteiger partial charge in [0.2, 0.25) is 5.91 Å². The van der Waals surface area contributed by atoms with Crippen LogP contribution in [0.4, 0.5) is 20.3 Å². The summed E-state index contributed by atoms with van der Waals surface area (Å²) in [4.78, 5) is 40.2. The summed E-state index contributed by atoms with van der Waals surface area (Å²) in [5, 5.41) is 20.3. The summed E-state index contributed by atoms with van der Waals surface area (Å²) < 4.78 is 28.0. The average molecular weight is 711 g/mol. The van der Waals surface area contributed by atoms with Crippen molar-refractivity contribution in [2.24, 2.45) is 4.99 Å². The van der Waals surface area contributed by atoms with E-state index in [1.807, 2.05) is 40.1 Å². The molecule has 4 aliphatic rings. The Morgan fingerprint density at radius 3 is 2.54 bits per heavy atom. The normalized spacial score (nSPS) is 21.7. The summed E-state index contributed by atoms with van der Waals surface area (Å²) in [6.45, 7) is 6.36. The minimum Gasteiger partial charge on any atom is -0.508 e. The average Bonchev–Trinajstić information content (AvgIpc) is 3.54. The zero-order valence-corrected chi connectivity index (χ0v) is 29.2. The molecule has 4 N–H and O–H groups in total. The van der Waals surface area contributed by atoms with Crippen molar-refractivity contribution < 1.29 is 23.5 Å². The molecule has 7 rings (SSSR count). The zero-order chi connectivity index (χ0) is 36.2. The molecule has 1 unspecified atom stereocenters. The lowest BCUT2D eigenvalue weighted by molar-refractivity contribution is -0.130. The van der Waals surface area contributed by atoms with E-state index in [9.17, 15) is 23.5 Å². The van der Waals surface area contributed by atoms with Crippen molar-refractivity contribution in [1.29, 1.82) is 0 Å². The number of anilines is 2. The Balaban J connectivity index is 0.961. The largest absolute Gasteiger partial charge is 0.508 e. The summed E-state index contributed by atoms with van der Waals surface area (Å²) in [6, 6.07) is 14.5. The van der Waals surface area contributed by atoms with E-state index in [1.54, 1.807) is 25.1 Å². The molecule has 0 bridgehead atoms. The quantitative estimate of drug-likeness (QED) is 0.229. The van der Waals surface area contributed by atoms with E-state index in [4.69, 9.17) is 0 Å². The number of hydrogen-bond acceptors (Lipinski definition) is 9. The van der Waals surface area contributed by atoms with E-state index in [2.05, 4.69) is 30.8 Å². The number of aromatic hydroxyl groups is 1. The van der Waals surface area contributed by atoms with E-state index in [0.29, 0.717) is 44.5 Å². The highest BCUT2D eigenvalue weighted by Gasteiger charge is 2.28. The van der Waals surface area contributed by atoms with E-state index in [0.717, 1.165) is 67.5 Å². The summed E-state index contributed by atoms with van der Waals surface area (Å²) in [5.41, 5.74) is 3.60. The zero-order valence-electron chi connectivity index (χ0n) is 29.2. The van der Waals surface area contributed by atoms with Crippen molar-refractivity contribution in [1.82, 2.24) is 30.3 Å². The molecule has 1 saturated carbocycles. The molecule has 1 aliphatic carbocycles. The van der Waals surface area contributed by atoms with Crippen LogP contribution in [0.3, 0.4) is 0 Å². The van der Waals surface area contributed by atoms with Crippen molar-refractivity contribution in [3.05, 3.63) is 95.9 Å². The molecule has 3 aliphatic heterocycles. The van der Waals surface area contributed by atoms with Gasteiger partial charge < -0.3 is 30.9 Å². The number of carbonyl (C=O) groups excluding carboxylic acids is 2. The first-order valence-electron chi connectivity index (χ1n) is 17.9. The number of hydrogen-bond donors (Lipinski definition) is 4. The summed E-state index contributed by atoms with van der Waals surface area (Å²) >= 11 is 0. The highest BCUT2D eigenvalue weighted by molar-refractivity contribution is 5.99. The number of amidine groups is 1. The van der Waals surface area contributed by atoms with Crippen LogP contribution in [0, 0.1) is 5.82 Å². The Morgan fingerprint density at radius 1 is 0.962 bits per heavy atom. The third-order valence-corrected chi connectivity index (χ3v) is 10.2. The molecule has 4 heterocycles. The third kappa shape index (κ3) is 8.48. The predicted octanol–water partition coefficient (Wildman–Crippen LogP) is 5.10. The van der Waals surface area contributed by atoms with Crippen LogP contribution in [0.15, 0.2) is 83.9 Å². The number of allylic oxidation sites excluding steroid dienone is 2. The van der Waals surface area contributed by atoms with Crippen LogP contribution in [0.1, 0.15) is 48.5 Å². The van der Waals surface area contributed by atoms with Gasteiger partial charge in [0.1, 0.15) is 29.0 Å². The lowest BCUT2D eigenvalue weighted by Gasteiger charge is -2.34. The third-order valence-electron chi connectivity index (χ3n) is 10.2. The first-order chi connectivity index (χ1) is 25.2. The monoisotopic (exact) mass is 710 g/mol. The van der Waals surface area contributed by atoms with Crippen LogP contribution in [-0.4, -0.2) is 99.8 Å². The van der Waals surface area contributed by atoms with E-state index in [1.165, 1.54) is 18.3 Å². The van der Waals surface area contributed by atoms with Crippen LogP contribution in [0.5, 0.6) is 5.75 Å². The summed E-state index contributed by atoms with van der Waals surface area (Å²) in [6.07, 6.45) is 9.01. The molecular weight excluding hydrogens is 666 g/mol. The Labute approximate surface area is 302 Å². The van der Waals surface area contributed by atoms with Crippen LogP contribution in [0.25, 0.3) is 11.1 Å². The molecule has 3 aromatic rings. The SMILES string of the molecule is CC(=O)N1CCN(Cc2cc(O)ccc2-c2cccc(Nc3ncc(F)cc3C(=O)NC3CCC(NCC4CN5C=C(F)C=CC5=N4)CC3)c2)CC1. The molecule has 52 heavy (non-hydrogen) atoms. The van der Waals surface area contributed by atoms with Gasteiger partial charge in [0.25, 0.3) is 5.91 Å². The minimum atomic E-state index is -0.601. The molecule has 1 atom stereocenters. The van der Waals surface area contributed by atoms with Crippen LogP contribution >= 0.6 is 0 Å². The molecule has 0 radical (unpaired) electrons. The van der Waals surface area contributed by atoms with Gasteiger partial charge in [-0.3, -0.25) is 19.5 Å². The number of phenols is 1. The standard InChI is InChI=1S/C39H44F2N8O3/c1-25(50)48-15-13-47(14-16-48)22-27-18-34(51)10-11-35(27)26-3-2-4-32(17-26)45-38-36(19-29(41)20-43-38)39(52)46-31-8-6-30(7-9-31)42-21-33-24-49-23-28(40)5-12-37(49)44-33/h2-5,10-12,17-20,23,30-31,33,42,51H,6-9,13-16,21-22,24H2,1H3,(H,43,45)(H,46,52). The summed E-state index contributed by atoms with van der Waals surface area (Å²) in [7, 11) is 0. The Hall–Kier alpha value is -5.14. The van der Waals surface area contributed by atoms with Crippen LogP contribution < -0.4 is 16.0 Å². The number of rotatable bonds is 10. The van der Waals surface area contributed by atoms with Gasteiger partial charge in [-0.2, -0.15) is 0 Å². The van der Waals surface area contributed by atoms with Gasteiger partial charge in [0, 0.05) is 76.7 Å². The number of aliphatic imine (C=N–C) groups is 1. The van der Waals surface area contributed by atoms with Gasteiger partial charge >= 0.3 is 0 Å². The van der Waals surface area contributed by atoms with Crippen molar-refractivity contribution in [2.75, 3.05) is 44.6 Å². The number of halogens is 2. The number of aromatic nitrogens is 1. The molecule has 1 aromatic heterocycles. The van der Waals surface area contributed by atoms with Crippen LogP contribution in [-0.2, 0) is 11.3 Å². The van der Waals surface area contributed by atoms with E-state index >= 15 is 0 Å². The minimum absolute atomic E-state index is 0.0512. The second-order valence-corrected chi connectivity index (χ2v) is 14.0. The number of fused-ring (bicyclic) bond motifs is 1. The molecule has 272 valence electrons. The molecule has 1 saturated heterocycles. The number of pyridine rings is 1. The van der Waals surface area contributed by atoms with Crippen molar-refractivity contribution in [3.63, 3.8) is 0 Å². The maximum atomic E-state index is 14.5. The maximum absolute atomic E-state index is 14.5. The van der Waals surface area contributed by atoms with Crippen molar-refractivity contribution in [3.8, 4) is 16.9 Å². The number of phenolic OH excluding ortho intramolecular Hbond substituents is 1. The number of nitrogens with one attached hydrogen (secondary N) is 3. The van der Waals surface area contributed by atoms with Gasteiger partial charge in [0.15, 0.2) is 0 Å². The number of piperazine rings is 1. The topological polar surface area (TPSA) is 125 Å². The Kier molecular flexibility index (Phi) is 10.6. The summed E-state index contributed by atoms with van der Waals surface area (Å²) in [5.74, 6) is 0.0278. The van der Waals surface area contributed by atoms with E-state index in [-0.39, 0.29) is 46.9 Å². The number of benzene rings is 2. The second-order valence-electron chi connectivity index (χ2n) is 14.0. The smallest absolute Gasteiger partial charge is 0.255 e. The molecule has 2 fully saturated rings. The van der Waals surface area contributed by atoms with Gasteiger partial charge in [-0.15, -0.1) is 0 Å². The van der Waals surface area contributed by atoms with E-state index < -0.39 is 5.82 Å². The Bertz CT molecular complexity index is 1900. The van der Waals surface area contributed by atoms with Gasteiger partial charge in [-0.1, -0.05) is 18.2 Å². The molecule has 0 spiro atoms. The van der Waals surface area contributed by atoms with Crippen LogP contribution in [0.2, 0.25) is 0 Å². The highest BCUT2D eigenvalue weighted by atomic mass is 19.1. The Morgan fingerprint density at radius 2 is 1.75 bits per heavy atom. The second kappa shape index (κ2) is 15.6. The molecule has 2 aromatic carbocycles. The number of nitrogens with zero attached hydrogens (tertiary/aromatic N) is 5. The van der Waals surface area contributed by atoms with Gasteiger partial charge in [-0.25, -0.2) is 13.8 Å². The fourth-order valence-electron chi connectivity index (χ4n) is 7.41. The molecular formula is C39H44F2N8O3. The predicted molar refractivity (Wildman–Crippen MR) is 196 cm³/mol. The van der Waals surface area contributed by atoms with Crippen molar-refractivity contribution >= 4 is 29.2 Å². The number of amides is 2. The van der Waals surface area contributed by atoms with Gasteiger partial charge in [0.05, 0.1) is 17.8 Å².